The van der Waals surface area contributed by atoms with Crippen molar-refractivity contribution < 1.29 is 0 Å². The summed E-state index contributed by atoms with van der Waals surface area (Å²) >= 11 is 0. The fraction of sp³-hybridized carbons (Fsp3) is 0.200. The molecule has 1 nitrogen and oxygen atoms in total. The highest BCUT2D eigenvalue weighted by molar-refractivity contribution is 6.27. The molecule has 8 rings (SSSR count). The molecule has 6 aromatic carbocycles. The van der Waals surface area contributed by atoms with E-state index in [1.807, 2.05) is 0 Å². The van der Waals surface area contributed by atoms with Crippen molar-refractivity contribution in [1.82, 2.24) is 4.40 Å². The zero-order valence-electron chi connectivity index (χ0n) is 24.8. The van der Waals surface area contributed by atoms with E-state index >= 15 is 0 Å². The van der Waals surface area contributed by atoms with Crippen molar-refractivity contribution in [1.29, 1.82) is 0 Å². The molecule has 1 heteroatoms. The summed E-state index contributed by atoms with van der Waals surface area (Å²) < 4.78 is 2.53. The second kappa shape index (κ2) is 8.57. The van der Waals surface area contributed by atoms with Gasteiger partial charge in [-0.1, -0.05) is 87.9 Å². The Kier molecular flexibility index (Phi) is 5.11. The van der Waals surface area contributed by atoms with E-state index in [0.29, 0.717) is 11.8 Å². The van der Waals surface area contributed by atoms with Gasteiger partial charge in [-0.05, 0) is 111 Å². The number of rotatable bonds is 3. The molecule has 200 valence electrons. The van der Waals surface area contributed by atoms with E-state index in [1.165, 1.54) is 93.0 Å². The summed E-state index contributed by atoms with van der Waals surface area (Å²) in [6.07, 6.45) is 0. The van der Waals surface area contributed by atoms with E-state index < -0.39 is 0 Å². The van der Waals surface area contributed by atoms with Crippen LogP contribution in [0.5, 0.6) is 0 Å². The number of benzene rings is 6. The molecule has 41 heavy (non-hydrogen) atoms. The maximum absolute atomic E-state index is 2.53. The molecular weight excluding hydrogens is 494 g/mol. The van der Waals surface area contributed by atoms with Crippen molar-refractivity contribution >= 4 is 59.6 Å². The smallest absolute Gasteiger partial charge is 0.0620 e. The maximum atomic E-state index is 2.53. The van der Waals surface area contributed by atoms with Crippen molar-refractivity contribution in [2.75, 3.05) is 0 Å². The molecule has 8 aromatic rings. The number of hydrogen-bond acceptors (Lipinski definition) is 0. The van der Waals surface area contributed by atoms with Crippen LogP contribution in [0.1, 0.15) is 61.8 Å². The lowest BCUT2D eigenvalue weighted by Gasteiger charge is -2.10. The van der Waals surface area contributed by atoms with Crippen molar-refractivity contribution in [2.24, 2.45) is 0 Å². The predicted octanol–water partition coefficient (Wildman–Crippen LogP) is 11.7. The third kappa shape index (κ3) is 3.55. The lowest BCUT2D eigenvalue weighted by atomic mass is 9.94. The van der Waals surface area contributed by atoms with Crippen LogP contribution in [0.15, 0.2) is 91.0 Å². The molecule has 0 spiro atoms. The van der Waals surface area contributed by atoms with Gasteiger partial charge in [0, 0.05) is 21.5 Å². The van der Waals surface area contributed by atoms with Crippen LogP contribution in [0.2, 0.25) is 0 Å². The lowest BCUT2D eigenvalue weighted by molar-refractivity contribution is 0.869. The molecule has 0 unspecified atom stereocenters. The summed E-state index contributed by atoms with van der Waals surface area (Å²) in [5.74, 6) is 1.02. The van der Waals surface area contributed by atoms with Crippen molar-refractivity contribution in [2.45, 2.75) is 53.4 Å². The molecule has 2 aromatic heterocycles. The Hall–Kier alpha value is -4.36. The first-order valence-electron chi connectivity index (χ1n) is 15.0. The minimum atomic E-state index is 0.509. The van der Waals surface area contributed by atoms with Crippen LogP contribution in [0, 0.1) is 13.8 Å². The van der Waals surface area contributed by atoms with Gasteiger partial charge < -0.3 is 4.40 Å². The van der Waals surface area contributed by atoms with E-state index in [1.54, 1.807) is 0 Å². The maximum Gasteiger partial charge on any atom is 0.0620 e. The third-order valence-corrected chi connectivity index (χ3v) is 9.38. The second-order valence-corrected chi connectivity index (χ2v) is 12.8. The number of fused-ring (bicyclic) bond motifs is 8. The molecule has 0 aliphatic carbocycles. The molecule has 0 saturated heterocycles. The van der Waals surface area contributed by atoms with Gasteiger partial charge >= 0.3 is 0 Å². The van der Waals surface area contributed by atoms with Gasteiger partial charge in [-0.2, -0.15) is 0 Å². The molecule has 0 fully saturated rings. The van der Waals surface area contributed by atoms with Crippen molar-refractivity contribution in [3.8, 4) is 11.1 Å². The van der Waals surface area contributed by atoms with Gasteiger partial charge in [0.25, 0.3) is 0 Å². The fourth-order valence-electron chi connectivity index (χ4n) is 7.08. The Labute approximate surface area is 241 Å². The number of aromatic nitrogens is 1. The van der Waals surface area contributed by atoms with E-state index in [9.17, 15) is 0 Å². The monoisotopic (exact) mass is 529 g/mol. The first-order chi connectivity index (χ1) is 19.8. The summed E-state index contributed by atoms with van der Waals surface area (Å²) in [6, 6.07) is 35.4. The lowest BCUT2D eigenvalue weighted by Crippen LogP contribution is -1.88. The summed E-state index contributed by atoms with van der Waals surface area (Å²) in [5, 5.41) is 10.6. The van der Waals surface area contributed by atoms with Gasteiger partial charge in [-0.15, -0.1) is 0 Å². The molecule has 0 radical (unpaired) electrons. The molecule has 2 heterocycles. The van der Waals surface area contributed by atoms with Gasteiger partial charge in [0.1, 0.15) is 0 Å². The SMILES string of the molecule is Cc1ccc(-c2cc3c4cc5cc(C(C)C)ccc5cc4n4c5cc6ccc(C(C)C)cc6cc5c(c2)c34)c(C)c1. The van der Waals surface area contributed by atoms with Crippen LogP contribution < -0.4 is 0 Å². The quantitative estimate of drug-likeness (QED) is 0.214. The average Bonchev–Trinajstić information content (AvgIpc) is 3.44. The Morgan fingerprint density at radius 3 is 1.51 bits per heavy atom. The van der Waals surface area contributed by atoms with Crippen LogP contribution in [-0.4, -0.2) is 4.40 Å². The van der Waals surface area contributed by atoms with Gasteiger partial charge in [-0.3, -0.25) is 0 Å². The Bertz CT molecular complexity index is 2190. The zero-order chi connectivity index (χ0) is 28.2. The van der Waals surface area contributed by atoms with Crippen LogP contribution in [0.4, 0.5) is 0 Å². The van der Waals surface area contributed by atoms with Gasteiger partial charge in [-0.25, -0.2) is 0 Å². The Morgan fingerprint density at radius 2 is 1.02 bits per heavy atom. The predicted molar refractivity (Wildman–Crippen MR) is 179 cm³/mol. The van der Waals surface area contributed by atoms with Crippen LogP contribution >= 0.6 is 0 Å². The minimum Gasteiger partial charge on any atom is -0.308 e. The van der Waals surface area contributed by atoms with Crippen LogP contribution in [0.25, 0.3) is 70.8 Å². The highest BCUT2D eigenvalue weighted by atomic mass is 14.9. The first-order valence-corrected chi connectivity index (χ1v) is 15.0. The molecular formula is C40H35N. The summed E-state index contributed by atoms with van der Waals surface area (Å²) in [4.78, 5) is 0. The molecule has 0 bridgehead atoms. The highest BCUT2D eigenvalue weighted by Crippen LogP contribution is 2.44. The number of hydrogen-bond donors (Lipinski definition) is 0. The zero-order valence-corrected chi connectivity index (χ0v) is 24.8. The standard InChI is InChI=1S/C40H35N/c1-22(2)26-8-10-28-20-38-34(16-30(28)14-26)36-18-32(33-12-7-24(5)13-25(33)6)19-37-35-17-31-15-27(23(3)4)9-11-29(31)21-39(35)41(38)40(36)37/h7-23H,1-6H3. The Balaban J connectivity index is 1.55. The number of nitrogens with zero attached hydrogens (tertiary/aromatic N) is 1. The molecule has 0 saturated carbocycles. The molecule has 0 amide bonds. The van der Waals surface area contributed by atoms with Gasteiger partial charge in [0.2, 0.25) is 0 Å². The minimum absolute atomic E-state index is 0.509. The largest absolute Gasteiger partial charge is 0.308 e. The van der Waals surface area contributed by atoms with E-state index in [2.05, 4.69) is 137 Å². The highest BCUT2D eigenvalue weighted by Gasteiger charge is 2.21. The third-order valence-electron chi connectivity index (χ3n) is 9.38. The van der Waals surface area contributed by atoms with Crippen LogP contribution in [0.3, 0.4) is 0 Å². The normalized spacial score (nSPS) is 12.6. The number of aryl methyl sites for hydroxylation is 2. The second-order valence-electron chi connectivity index (χ2n) is 12.8. The summed E-state index contributed by atoms with van der Waals surface area (Å²) in [5.41, 5.74) is 11.9. The molecule has 0 N–H and O–H groups in total. The summed E-state index contributed by atoms with van der Waals surface area (Å²) in [7, 11) is 0. The molecule has 0 aliphatic rings. The summed E-state index contributed by atoms with van der Waals surface area (Å²) in [6.45, 7) is 13.5. The average molecular weight is 530 g/mol. The molecule has 0 aliphatic heterocycles. The van der Waals surface area contributed by atoms with E-state index in [-0.39, 0.29) is 0 Å². The van der Waals surface area contributed by atoms with Crippen LogP contribution in [-0.2, 0) is 0 Å². The van der Waals surface area contributed by atoms with E-state index in [0.717, 1.165) is 0 Å². The molecule has 0 atom stereocenters. The Morgan fingerprint density at radius 1 is 0.488 bits per heavy atom. The van der Waals surface area contributed by atoms with Crippen molar-refractivity contribution in [3.63, 3.8) is 0 Å². The fourth-order valence-corrected chi connectivity index (χ4v) is 7.08. The first kappa shape index (κ1) is 24.4. The topological polar surface area (TPSA) is 4.41 Å². The van der Waals surface area contributed by atoms with Gasteiger partial charge in [0.15, 0.2) is 0 Å². The van der Waals surface area contributed by atoms with Gasteiger partial charge in [0.05, 0.1) is 16.6 Å². The van der Waals surface area contributed by atoms with Crippen molar-refractivity contribution in [3.05, 3.63) is 113 Å². The van der Waals surface area contributed by atoms with E-state index in [4.69, 9.17) is 0 Å².